The zero-order valence-electron chi connectivity index (χ0n) is 19.9. The molecule has 0 aliphatic carbocycles. The van der Waals surface area contributed by atoms with E-state index in [-0.39, 0.29) is 29.6 Å². The first-order valence-electron chi connectivity index (χ1n) is 11.8. The Kier molecular flexibility index (Phi) is 8.98. The molecule has 0 spiro atoms. The Morgan fingerprint density at radius 1 is 1.06 bits per heavy atom. The van der Waals surface area contributed by atoms with Crippen LogP contribution >= 0.6 is 12.2 Å². The predicted octanol–water partition coefficient (Wildman–Crippen LogP) is 4.26. The molecule has 1 aliphatic rings. The summed E-state index contributed by atoms with van der Waals surface area (Å²) >= 11 is 5.53. The molecule has 2 atom stereocenters. The average Bonchev–Trinajstić information content (AvgIpc) is 2.84. The molecule has 6 nitrogen and oxygen atoms in total. The predicted molar refractivity (Wildman–Crippen MR) is 137 cm³/mol. The van der Waals surface area contributed by atoms with Gasteiger partial charge in [-0.2, -0.15) is 0 Å². The van der Waals surface area contributed by atoms with Crippen molar-refractivity contribution >= 4 is 34.8 Å². The second-order valence-electron chi connectivity index (χ2n) is 8.90. The molecule has 1 saturated heterocycles. The van der Waals surface area contributed by atoms with Crippen molar-refractivity contribution in [1.82, 2.24) is 15.5 Å². The molecule has 0 bridgehead atoms. The molecule has 0 radical (unpaired) electrons. The number of thiocarbonyl (C=S) groups is 1. The largest absolute Gasteiger partial charge is 0.352 e. The van der Waals surface area contributed by atoms with Gasteiger partial charge in [-0.1, -0.05) is 24.6 Å². The molecule has 34 heavy (non-hydrogen) atoms. The van der Waals surface area contributed by atoms with Crippen molar-refractivity contribution < 1.29 is 14.0 Å². The summed E-state index contributed by atoms with van der Waals surface area (Å²) in [6.07, 6.45) is 2.22. The van der Waals surface area contributed by atoms with E-state index in [0.717, 1.165) is 17.7 Å². The van der Waals surface area contributed by atoms with Crippen LogP contribution in [0.25, 0.3) is 0 Å². The maximum Gasteiger partial charge on any atom is 0.251 e. The highest BCUT2D eigenvalue weighted by atomic mass is 32.1. The topological polar surface area (TPSA) is 73.5 Å². The van der Waals surface area contributed by atoms with E-state index >= 15 is 0 Å². The Morgan fingerprint density at radius 3 is 2.26 bits per heavy atom. The number of benzene rings is 2. The summed E-state index contributed by atoms with van der Waals surface area (Å²) in [6.45, 7) is 7.25. The Hall–Kier alpha value is -3.00. The summed E-state index contributed by atoms with van der Waals surface area (Å²) in [5.74, 6) is -0.712. The third-order valence-corrected chi connectivity index (χ3v) is 6.64. The molecule has 3 rings (SSSR count). The van der Waals surface area contributed by atoms with E-state index in [0.29, 0.717) is 36.6 Å². The molecule has 3 N–H and O–H groups in total. The maximum absolute atomic E-state index is 13.1. The maximum atomic E-state index is 13.1. The normalized spacial score (nSPS) is 15.8. The zero-order valence-corrected chi connectivity index (χ0v) is 20.8. The van der Waals surface area contributed by atoms with Crippen molar-refractivity contribution in [2.75, 3.05) is 18.4 Å². The van der Waals surface area contributed by atoms with Gasteiger partial charge < -0.3 is 20.9 Å². The fourth-order valence-electron chi connectivity index (χ4n) is 3.93. The van der Waals surface area contributed by atoms with E-state index in [4.69, 9.17) is 12.2 Å². The van der Waals surface area contributed by atoms with Gasteiger partial charge in [0.15, 0.2) is 5.11 Å². The molecule has 8 heteroatoms. The van der Waals surface area contributed by atoms with Crippen LogP contribution in [0, 0.1) is 18.7 Å². The molecule has 2 aromatic carbocycles. The third kappa shape index (κ3) is 7.00. The molecule has 2 amide bonds. The molecule has 0 unspecified atom stereocenters. The molecule has 1 fully saturated rings. The number of rotatable bonds is 7. The van der Waals surface area contributed by atoms with Crippen LogP contribution in [0.2, 0.25) is 0 Å². The second kappa shape index (κ2) is 11.9. The Morgan fingerprint density at radius 2 is 1.68 bits per heavy atom. The quantitative estimate of drug-likeness (QED) is 0.513. The first-order valence-corrected chi connectivity index (χ1v) is 12.2. The fraction of sp³-hybridized carbons (Fsp3) is 0.423. The smallest absolute Gasteiger partial charge is 0.251 e. The number of carbonyl (C=O) groups is 2. The summed E-state index contributed by atoms with van der Waals surface area (Å²) in [5, 5.41) is 9.72. The average molecular weight is 485 g/mol. The molecule has 1 heterocycles. The number of carbonyl (C=O) groups excluding carboxylic acids is 2. The van der Waals surface area contributed by atoms with Gasteiger partial charge in [0.25, 0.3) is 5.91 Å². The van der Waals surface area contributed by atoms with Crippen molar-refractivity contribution in [3.05, 3.63) is 65.5 Å². The highest BCUT2D eigenvalue weighted by molar-refractivity contribution is 7.80. The summed E-state index contributed by atoms with van der Waals surface area (Å²) in [6, 6.07) is 12.8. The molecular formula is C26H33FN4O2S. The lowest BCUT2D eigenvalue weighted by Gasteiger charge is -2.37. The van der Waals surface area contributed by atoms with E-state index in [1.807, 2.05) is 37.8 Å². The van der Waals surface area contributed by atoms with Gasteiger partial charge in [-0.15, -0.1) is 0 Å². The third-order valence-electron chi connectivity index (χ3n) is 6.28. The summed E-state index contributed by atoms with van der Waals surface area (Å²) in [4.78, 5) is 28.1. The number of piperidine rings is 1. The van der Waals surface area contributed by atoms with Crippen LogP contribution in [0.4, 0.5) is 10.1 Å². The molecular weight excluding hydrogens is 451 g/mol. The van der Waals surface area contributed by atoms with Crippen LogP contribution in [0.1, 0.15) is 49.0 Å². The molecule has 0 saturated carbocycles. The first kappa shape index (κ1) is 25.6. The van der Waals surface area contributed by atoms with Crippen LogP contribution in [0.15, 0.2) is 48.5 Å². The monoisotopic (exact) mass is 484 g/mol. The van der Waals surface area contributed by atoms with Gasteiger partial charge in [0, 0.05) is 30.4 Å². The number of hydrogen-bond donors (Lipinski definition) is 3. The first-order chi connectivity index (χ1) is 16.3. The van der Waals surface area contributed by atoms with Crippen molar-refractivity contribution in [1.29, 1.82) is 0 Å². The van der Waals surface area contributed by atoms with Gasteiger partial charge in [0.2, 0.25) is 5.91 Å². The van der Waals surface area contributed by atoms with Gasteiger partial charge in [-0.05, 0) is 87.6 Å². The van der Waals surface area contributed by atoms with E-state index < -0.39 is 6.04 Å². The Bertz CT molecular complexity index is 989. The summed E-state index contributed by atoms with van der Waals surface area (Å²) in [7, 11) is 0. The van der Waals surface area contributed by atoms with Crippen LogP contribution in [0.3, 0.4) is 0 Å². The molecule has 1 aliphatic heterocycles. The number of amides is 2. The number of nitrogens with zero attached hydrogens (tertiary/aromatic N) is 1. The SMILES string of the molecule is CC[C@H](C)NC(=O)[C@H](NC(=O)c1ccc(C)cc1)C1CCN(C(=S)Nc2ccc(F)cc2)CC1. The van der Waals surface area contributed by atoms with Crippen LogP contribution in [-0.2, 0) is 4.79 Å². The lowest BCUT2D eigenvalue weighted by Crippen LogP contribution is -2.55. The van der Waals surface area contributed by atoms with Gasteiger partial charge in [0.05, 0.1) is 0 Å². The molecule has 2 aromatic rings. The summed E-state index contributed by atoms with van der Waals surface area (Å²) in [5.41, 5.74) is 2.33. The minimum atomic E-state index is -0.622. The van der Waals surface area contributed by atoms with Crippen LogP contribution in [-0.4, -0.2) is 47.0 Å². The number of halogens is 1. The highest BCUT2D eigenvalue weighted by Gasteiger charge is 2.34. The van der Waals surface area contributed by atoms with E-state index in [2.05, 4.69) is 16.0 Å². The van der Waals surface area contributed by atoms with Crippen molar-refractivity contribution in [2.24, 2.45) is 5.92 Å². The second-order valence-corrected chi connectivity index (χ2v) is 9.28. The minimum absolute atomic E-state index is 0.0108. The fourth-order valence-corrected chi connectivity index (χ4v) is 4.23. The highest BCUT2D eigenvalue weighted by Crippen LogP contribution is 2.23. The van der Waals surface area contributed by atoms with E-state index in [9.17, 15) is 14.0 Å². The van der Waals surface area contributed by atoms with Crippen LogP contribution in [0.5, 0.6) is 0 Å². The van der Waals surface area contributed by atoms with Crippen molar-refractivity contribution in [2.45, 2.75) is 52.1 Å². The Balaban J connectivity index is 1.64. The molecule has 182 valence electrons. The van der Waals surface area contributed by atoms with Crippen molar-refractivity contribution in [3.63, 3.8) is 0 Å². The number of hydrogen-bond acceptors (Lipinski definition) is 3. The lowest BCUT2D eigenvalue weighted by molar-refractivity contribution is -0.125. The van der Waals surface area contributed by atoms with Gasteiger partial charge >= 0.3 is 0 Å². The summed E-state index contributed by atoms with van der Waals surface area (Å²) < 4.78 is 13.1. The standard InChI is InChI=1S/C26H33FN4O2S/c1-4-18(3)28-25(33)23(30-24(32)20-7-5-17(2)6-8-20)19-13-15-31(16-14-19)26(34)29-22-11-9-21(27)10-12-22/h5-12,18-19,23H,4,13-16H2,1-3H3,(H,28,33)(H,29,34)(H,30,32)/t18-,23+/m0/s1. The minimum Gasteiger partial charge on any atom is -0.352 e. The molecule has 0 aromatic heterocycles. The van der Waals surface area contributed by atoms with Crippen LogP contribution < -0.4 is 16.0 Å². The lowest BCUT2D eigenvalue weighted by atomic mass is 9.88. The number of nitrogens with one attached hydrogen (secondary N) is 3. The number of likely N-dealkylation sites (tertiary alicyclic amines) is 1. The van der Waals surface area contributed by atoms with Gasteiger partial charge in [0.1, 0.15) is 11.9 Å². The van der Waals surface area contributed by atoms with Crippen molar-refractivity contribution in [3.8, 4) is 0 Å². The zero-order chi connectivity index (χ0) is 24.7. The Labute approximate surface area is 206 Å². The van der Waals surface area contributed by atoms with Gasteiger partial charge in [-0.25, -0.2) is 4.39 Å². The number of anilines is 1. The number of aryl methyl sites for hydroxylation is 1. The van der Waals surface area contributed by atoms with Gasteiger partial charge in [-0.3, -0.25) is 9.59 Å². The van der Waals surface area contributed by atoms with E-state index in [1.54, 1.807) is 24.3 Å². The van der Waals surface area contributed by atoms with E-state index in [1.165, 1.54) is 12.1 Å².